The molecule has 0 saturated carbocycles. The van der Waals surface area contributed by atoms with Gasteiger partial charge in [0.1, 0.15) is 0 Å². The number of amides is 1. The Labute approximate surface area is 128 Å². The summed E-state index contributed by atoms with van der Waals surface area (Å²) in [6, 6.07) is 8.32. The first kappa shape index (κ1) is 17.5. The quantitative estimate of drug-likeness (QED) is 0.772. The Morgan fingerprint density at radius 1 is 1.24 bits per heavy atom. The number of anilines is 1. The molecule has 0 fully saturated rings. The molecule has 1 aromatic carbocycles. The van der Waals surface area contributed by atoms with E-state index in [2.05, 4.69) is 48.3 Å². The minimum absolute atomic E-state index is 0.0543. The van der Waals surface area contributed by atoms with E-state index in [1.807, 2.05) is 14.1 Å². The van der Waals surface area contributed by atoms with Gasteiger partial charge >= 0.3 is 0 Å². The highest BCUT2D eigenvalue weighted by Crippen LogP contribution is 2.13. The van der Waals surface area contributed by atoms with E-state index >= 15 is 0 Å². The van der Waals surface area contributed by atoms with Crippen molar-refractivity contribution in [2.24, 2.45) is 5.92 Å². The van der Waals surface area contributed by atoms with Gasteiger partial charge in [0.05, 0.1) is 0 Å². The van der Waals surface area contributed by atoms with Gasteiger partial charge in [0.2, 0.25) is 5.91 Å². The van der Waals surface area contributed by atoms with Gasteiger partial charge in [-0.15, -0.1) is 0 Å². The van der Waals surface area contributed by atoms with E-state index in [0.29, 0.717) is 18.8 Å². The Morgan fingerprint density at radius 2 is 1.86 bits per heavy atom. The molecular weight excluding hydrogens is 264 g/mol. The molecule has 0 heterocycles. The second-order valence-electron chi connectivity index (χ2n) is 5.99. The molecule has 0 saturated heterocycles. The number of hydrogen-bond acceptors (Lipinski definition) is 3. The fourth-order valence-corrected chi connectivity index (χ4v) is 2.21. The van der Waals surface area contributed by atoms with Crippen molar-refractivity contribution < 1.29 is 9.90 Å². The predicted molar refractivity (Wildman–Crippen MR) is 87.6 cm³/mol. The van der Waals surface area contributed by atoms with Gasteiger partial charge in [-0.05, 0) is 36.5 Å². The van der Waals surface area contributed by atoms with Crippen molar-refractivity contribution in [2.45, 2.75) is 39.2 Å². The summed E-state index contributed by atoms with van der Waals surface area (Å²) >= 11 is 0. The summed E-state index contributed by atoms with van der Waals surface area (Å²) in [6.45, 7) is 4.22. The van der Waals surface area contributed by atoms with E-state index in [-0.39, 0.29) is 18.6 Å². The number of aliphatic hydroxyl groups is 1. The van der Waals surface area contributed by atoms with Crippen LogP contribution >= 0.6 is 0 Å². The van der Waals surface area contributed by atoms with Crippen LogP contribution in [0.1, 0.15) is 32.3 Å². The van der Waals surface area contributed by atoms with Crippen LogP contribution in [0.15, 0.2) is 24.3 Å². The van der Waals surface area contributed by atoms with Crippen LogP contribution in [-0.2, 0) is 11.2 Å². The molecule has 0 bridgehead atoms. The number of aryl methyl sites for hydroxylation is 1. The average Bonchev–Trinajstić information content (AvgIpc) is 2.45. The van der Waals surface area contributed by atoms with E-state index in [4.69, 9.17) is 5.11 Å². The van der Waals surface area contributed by atoms with Crippen molar-refractivity contribution in [3.05, 3.63) is 29.8 Å². The number of nitrogens with one attached hydrogen (secondary N) is 1. The molecule has 2 N–H and O–H groups in total. The average molecular weight is 292 g/mol. The first-order valence-electron chi connectivity index (χ1n) is 7.60. The normalized spacial score (nSPS) is 12.3. The van der Waals surface area contributed by atoms with Crippen LogP contribution in [0.5, 0.6) is 0 Å². The van der Waals surface area contributed by atoms with Crippen molar-refractivity contribution in [1.29, 1.82) is 0 Å². The van der Waals surface area contributed by atoms with Gasteiger partial charge < -0.3 is 15.3 Å². The molecule has 4 nitrogen and oxygen atoms in total. The molecule has 21 heavy (non-hydrogen) atoms. The van der Waals surface area contributed by atoms with Crippen molar-refractivity contribution in [1.82, 2.24) is 5.32 Å². The zero-order valence-corrected chi connectivity index (χ0v) is 13.6. The lowest BCUT2D eigenvalue weighted by atomic mass is 10.0. The molecule has 0 aliphatic carbocycles. The molecule has 1 amide bonds. The van der Waals surface area contributed by atoms with Crippen molar-refractivity contribution in [3.8, 4) is 0 Å². The molecule has 0 spiro atoms. The lowest BCUT2D eigenvalue weighted by Crippen LogP contribution is -2.39. The molecule has 0 radical (unpaired) electrons. The number of carbonyl (C=O) groups excluding carboxylic acids is 1. The summed E-state index contributed by atoms with van der Waals surface area (Å²) in [5.41, 5.74) is 2.32. The molecule has 1 unspecified atom stereocenters. The lowest BCUT2D eigenvalue weighted by molar-refractivity contribution is -0.122. The van der Waals surface area contributed by atoms with Crippen LogP contribution in [0, 0.1) is 5.92 Å². The Bertz CT molecular complexity index is 427. The smallest absolute Gasteiger partial charge is 0.220 e. The van der Waals surface area contributed by atoms with E-state index in [0.717, 1.165) is 12.1 Å². The maximum Gasteiger partial charge on any atom is 0.220 e. The Balaban J connectivity index is 2.45. The Morgan fingerprint density at radius 3 is 2.33 bits per heavy atom. The third kappa shape index (κ3) is 6.17. The number of nitrogens with zero attached hydrogens (tertiary/aromatic N) is 1. The topological polar surface area (TPSA) is 52.6 Å². The molecule has 0 aromatic heterocycles. The van der Waals surface area contributed by atoms with Crippen molar-refractivity contribution in [3.63, 3.8) is 0 Å². The monoisotopic (exact) mass is 292 g/mol. The highest BCUT2D eigenvalue weighted by Gasteiger charge is 2.15. The maximum absolute atomic E-state index is 12.0. The lowest BCUT2D eigenvalue weighted by Gasteiger charge is -2.21. The van der Waals surface area contributed by atoms with E-state index < -0.39 is 0 Å². The van der Waals surface area contributed by atoms with Crippen molar-refractivity contribution >= 4 is 11.6 Å². The van der Waals surface area contributed by atoms with Gasteiger partial charge in [0.15, 0.2) is 0 Å². The largest absolute Gasteiger partial charge is 0.396 e. The standard InChI is InChI=1S/C17H28N2O2/c1-13(2)16(11-12-20)18-17(21)10-7-14-5-8-15(9-6-14)19(3)4/h5-6,8-9,13,16,20H,7,10-12H2,1-4H3,(H,18,21). The summed E-state index contributed by atoms with van der Waals surface area (Å²) in [4.78, 5) is 14.0. The number of rotatable bonds is 8. The SMILES string of the molecule is CC(C)C(CCO)NC(=O)CCc1ccc(N(C)C)cc1. The summed E-state index contributed by atoms with van der Waals surface area (Å²) in [5.74, 6) is 0.388. The first-order valence-corrected chi connectivity index (χ1v) is 7.60. The number of benzene rings is 1. The van der Waals surface area contributed by atoms with E-state index in [9.17, 15) is 4.79 Å². The second kappa shape index (κ2) is 8.67. The van der Waals surface area contributed by atoms with Crippen LogP contribution in [0.2, 0.25) is 0 Å². The van der Waals surface area contributed by atoms with Crippen LogP contribution in [0.3, 0.4) is 0 Å². The third-order valence-corrected chi connectivity index (χ3v) is 3.68. The molecule has 0 aliphatic heterocycles. The first-order chi connectivity index (χ1) is 9.93. The zero-order chi connectivity index (χ0) is 15.8. The summed E-state index contributed by atoms with van der Waals surface area (Å²) in [7, 11) is 4.02. The van der Waals surface area contributed by atoms with Crippen LogP contribution in [0.25, 0.3) is 0 Å². The summed E-state index contributed by atoms with van der Waals surface area (Å²) in [6.07, 6.45) is 1.83. The van der Waals surface area contributed by atoms with Crippen LogP contribution < -0.4 is 10.2 Å². The third-order valence-electron chi connectivity index (χ3n) is 3.68. The van der Waals surface area contributed by atoms with Crippen molar-refractivity contribution in [2.75, 3.05) is 25.6 Å². The minimum Gasteiger partial charge on any atom is -0.396 e. The van der Waals surface area contributed by atoms with Gasteiger partial charge in [0, 0.05) is 38.9 Å². The van der Waals surface area contributed by atoms with Gasteiger partial charge in [0.25, 0.3) is 0 Å². The van der Waals surface area contributed by atoms with Gasteiger partial charge in [-0.3, -0.25) is 4.79 Å². The van der Waals surface area contributed by atoms with Gasteiger partial charge in [-0.25, -0.2) is 0 Å². The fourth-order valence-electron chi connectivity index (χ4n) is 2.21. The predicted octanol–water partition coefficient (Wildman–Crippen LogP) is 2.21. The zero-order valence-electron chi connectivity index (χ0n) is 13.6. The summed E-state index contributed by atoms with van der Waals surface area (Å²) < 4.78 is 0. The number of aliphatic hydroxyl groups excluding tert-OH is 1. The van der Waals surface area contributed by atoms with Crippen LogP contribution in [-0.4, -0.2) is 37.8 Å². The minimum atomic E-state index is 0.0543. The molecule has 1 atom stereocenters. The van der Waals surface area contributed by atoms with E-state index in [1.165, 1.54) is 5.56 Å². The maximum atomic E-state index is 12.0. The Kier molecular flexibility index (Phi) is 7.23. The highest BCUT2D eigenvalue weighted by atomic mass is 16.3. The molecule has 4 heteroatoms. The van der Waals surface area contributed by atoms with Gasteiger partial charge in [-0.2, -0.15) is 0 Å². The highest BCUT2D eigenvalue weighted by molar-refractivity contribution is 5.76. The molecule has 0 aliphatic rings. The second-order valence-corrected chi connectivity index (χ2v) is 5.99. The summed E-state index contributed by atoms with van der Waals surface area (Å²) in [5, 5.41) is 12.0. The van der Waals surface area contributed by atoms with Gasteiger partial charge in [-0.1, -0.05) is 26.0 Å². The molecule has 1 rings (SSSR count). The van der Waals surface area contributed by atoms with E-state index in [1.54, 1.807) is 0 Å². The number of carbonyl (C=O) groups is 1. The fraction of sp³-hybridized carbons (Fsp3) is 0.588. The number of hydrogen-bond donors (Lipinski definition) is 2. The molecular formula is C17H28N2O2. The van der Waals surface area contributed by atoms with Crippen LogP contribution in [0.4, 0.5) is 5.69 Å². The molecule has 1 aromatic rings. The molecule has 118 valence electrons. The Hall–Kier alpha value is -1.55.